The smallest absolute Gasteiger partial charge is 0.331 e. The summed E-state index contributed by atoms with van der Waals surface area (Å²) in [5.41, 5.74) is 1.27. The number of carbonyl (C=O) groups excluding carboxylic acids is 1. The van der Waals surface area contributed by atoms with Gasteiger partial charge in [-0.15, -0.1) is 0 Å². The third-order valence-electron chi connectivity index (χ3n) is 3.48. The van der Waals surface area contributed by atoms with Crippen molar-refractivity contribution in [3.8, 4) is 11.5 Å². The third-order valence-corrected chi connectivity index (χ3v) is 3.76. The van der Waals surface area contributed by atoms with Crippen molar-refractivity contribution in [3.63, 3.8) is 0 Å². The average Bonchev–Trinajstić information content (AvgIpc) is 2.66. The predicted molar refractivity (Wildman–Crippen MR) is 101 cm³/mol. The molecule has 0 unspecified atom stereocenters. The monoisotopic (exact) mass is 391 g/mol. The molecule has 0 heterocycles. The van der Waals surface area contributed by atoms with E-state index in [9.17, 15) is 14.9 Å². The molecule has 7 nitrogen and oxygen atoms in total. The number of ether oxygens (including phenoxy) is 3. The first-order chi connectivity index (χ1) is 12.9. The van der Waals surface area contributed by atoms with Gasteiger partial charge in [0.25, 0.3) is 5.69 Å². The van der Waals surface area contributed by atoms with E-state index in [-0.39, 0.29) is 12.3 Å². The molecule has 142 valence electrons. The molecule has 0 amide bonds. The zero-order valence-corrected chi connectivity index (χ0v) is 15.6. The van der Waals surface area contributed by atoms with Crippen molar-refractivity contribution in [2.45, 2.75) is 13.5 Å². The number of non-ortho nitro benzene ring substituents is 1. The summed E-state index contributed by atoms with van der Waals surface area (Å²) in [6.45, 7) is 2.29. The largest absolute Gasteiger partial charge is 0.493 e. The van der Waals surface area contributed by atoms with E-state index in [1.807, 2.05) is 6.92 Å². The Morgan fingerprint density at radius 2 is 1.96 bits per heavy atom. The van der Waals surface area contributed by atoms with Crippen LogP contribution in [0, 0.1) is 10.1 Å². The van der Waals surface area contributed by atoms with E-state index in [1.165, 1.54) is 37.5 Å². The van der Waals surface area contributed by atoms with E-state index in [1.54, 1.807) is 18.2 Å². The number of esters is 1. The molecule has 27 heavy (non-hydrogen) atoms. The molecule has 0 atom stereocenters. The number of halogens is 1. The van der Waals surface area contributed by atoms with Gasteiger partial charge in [-0.2, -0.15) is 0 Å². The van der Waals surface area contributed by atoms with Crippen LogP contribution in [-0.2, 0) is 16.1 Å². The first kappa shape index (κ1) is 20.3. The molecule has 0 saturated carbocycles. The number of methoxy groups -OCH3 is 1. The average molecular weight is 392 g/mol. The van der Waals surface area contributed by atoms with Crippen LogP contribution >= 0.6 is 11.6 Å². The van der Waals surface area contributed by atoms with Crippen LogP contribution in [0.25, 0.3) is 6.08 Å². The van der Waals surface area contributed by atoms with Crippen LogP contribution in [0.3, 0.4) is 0 Å². The number of nitrogens with zero attached hydrogens (tertiary/aromatic N) is 1. The van der Waals surface area contributed by atoms with E-state index < -0.39 is 10.9 Å². The summed E-state index contributed by atoms with van der Waals surface area (Å²) in [7, 11) is 1.50. The zero-order valence-electron chi connectivity index (χ0n) is 14.8. The Labute approximate surface area is 161 Å². The van der Waals surface area contributed by atoms with Crippen molar-refractivity contribution < 1.29 is 23.9 Å². The predicted octanol–water partition coefficient (Wildman–Crippen LogP) is 4.41. The molecule has 0 radical (unpaired) electrons. The number of hydrogen-bond acceptors (Lipinski definition) is 6. The van der Waals surface area contributed by atoms with Gasteiger partial charge in [-0.3, -0.25) is 10.1 Å². The molecule has 0 spiro atoms. The lowest BCUT2D eigenvalue weighted by atomic mass is 10.2. The molecular weight excluding hydrogens is 374 g/mol. The highest BCUT2D eigenvalue weighted by Gasteiger charge is 2.11. The normalized spacial score (nSPS) is 10.6. The standard InChI is InChI=1S/C19H18ClNO6/c1-3-26-19-16(20)10-14(11-17(19)25-2)6-9-18(22)27-12-13-4-7-15(8-5-13)21(23)24/h4-11H,3,12H2,1-2H3/b9-6+. The molecule has 0 aliphatic carbocycles. The van der Waals surface area contributed by atoms with Gasteiger partial charge in [0, 0.05) is 18.2 Å². The molecule has 2 rings (SSSR count). The molecule has 0 bridgehead atoms. The number of rotatable bonds is 8. The Morgan fingerprint density at radius 3 is 2.56 bits per heavy atom. The van der Waals surface area contributed by atoms with Crippen LogP contribution in [0.15, 0.2) is 42.5 Å². The Morgan fingerprint density at radius 1 is 1.26 bits per heavy atom. The highest BCUT2D eigenvalue weighted by molar-refractivity contribution is 6.32. The maximum atomic E-state index is 11.9. The molecule has 0 N–H and O–H groups in total. The number of nitro groups is 1. The van der Waals surface area contributed by atoms with Crippen LogP contribution in [0.5, 0.6) is 11.5 Å². The van der Waals surface area contributed by atoms with E-state index >= 15 is 0 Å². The minimum Gasteiger partial charge on any atom is -0.493 e. The first-order valence-corrected chi connectivity index (χ1v) is 8.41. The van der Waals surface area contributed by atoms with Gasteiger partial charge in [0.05, 0.1) is 23.7 Å². The SMILES string of the molecule is CCOc1c(Cl)cc(/C=C/C(=O)OCc2ccc([N+](=O)[O-])cc2)cc1OC. The van der Waals surface area contributed by atoms with Crippen molar-refractivity contribution in [2.75, 3.05) is 13.7 Å². The van der Waals surface area contributed by atoms with E-state index in [4.69, 9.17) is 25.8 Å². The molecule has 2 aromatic carbocycles. The number of benzene rings is 2. The second kappa shape index (κ2) is 9.59. The summed E-state index contributed by atoms with van der Waals surface area (Å²) >= 11 is 6.18. The highest BCUT2D eigenvalue weighted by Crippen LogP contribution is 2.36. The number of hydrogen-bond donors (Lipinski definition) is 0. The molecule has 0 saturated heterocycles. The molecule has 0 aromatic heterocycles. The number of nitro benzene ring substituents is 1. The molecular formula is C19H18ClNO6. The Hall–Kier alpha value is -3.06. The van der Waals surface area contributed by atoms with Gasteiger partial charge in [0.2, 0.25) is 0 Å². The van der Waals surface area contributed by atoms with Gasteiger partial charge in [-0.1, -0.05) is 11.6 Å². The summed E-state index contributed by atoms with van der Waals surface area (Å²) in [4.78, 5) is 22.0. The maximum absolute atomic E-state index is 11.9. The van der Waals surface area contributed by atoms with Crippen LogP contribution in [0.2, 0.25) is 5.02 Å². The summed E-state index contributed by atoms with van der Waals surface area (Å²) in [5.74, 6) is 0.347. The minimum atomic E-state index is -0.558. The van der Waals surface area contributed by atoms with Gasteiger partial charge in [0.1, 0.15) is 6.61 Å². The van der Waals surface area contributed by atoms with Crippen LogP contribution < -0.4 is 9.47 Å². The van der Waals surface area contributed by atoms with Crippen LogP contribution in [-0.4, -0.2) is 24.6 Å². The van der Waals surface area contributed by atoms with Gasteiger partial charge in [0.15, 0.2) is 11.5 Å². The lowest BCUT2D eigenvalue weighted by Crippen LogP contribution is -2.01. The van der Waals surface area contributed by atoms with Gasteiger partial charge >= 0.3 is 5.97 Å². The van der Waals surface area contributed by atoms with Gasteiger partial charge in [-0.25, -0.2) is 4.79 Å². The minimum absolute atomic E-state index is 0.00846. The summed E-state index contributed by atoms with van der Waals surface area (Å²) in [6.07, 6.45) is 2.80. The van der Waals surface area contributed by atoms with Crippen LogP contribution in [0.4, 0.5) is 5.69 Å². The van der Waals surface area contributed by atoms with E-state index in [2.05, 4.69) is 0 Å². The lowest BCUT2D eigenvalue weighted by molar-refractivity contribution is -0.384. The van der Waals surface area contributed by atoms with E-state index in [0.717, 1.165) is 0 Å². The quantitative estimate of drug-likeness (QED) is 0.286. The van der Waals surface area contributed by atoms with Gasteiger partial charge in [-0.05, 0) is 48.4 Å². The van der Waals surface area contributed by atoms with Crippen molar-refractivity contribution in [1.82, 2.24) is 0 Å². The van der Waals surface area contributed by atoms with Crippen LogP contribution in [0.1, 0.15) is 18.1 Å². The molecule has 8 heteroatoms. The second-order valence-electron chi connectivity index (χ2n) is 5.33. The summed E-state index contributed by atoms with van der Waals surface area (Å²) in [5, 5.41) is 11.0. The zero-order chi connectivity index (χ0) is 19.8. The second-order valence-corrected chi connectivity index (χ2v) is 5.74. The van der Waals surface area contributed by atoms with Gasteiger partial charge < -0.3 is 14.2 Å². The molecule has 0 fully saturated rings. The van der Waals surface area contributed by atoms with Crippen molar-refractivity contribution in [3.05, 3.63) is 68.7 Å². The Balaban J connectivity index is 1.99. The van der Waals surface area contributed by atoms with Crippen molar-refractivity contribution in [2.24, 2.45) is 0 Å². The Bertz CT molecular complexity index is 848. The van der Waals surface area contributed by atoms with Crippen molar-refractivity contribution >= 4 is 29.3 Å². The fraction of sp³-hybridized carbons (Fsp3) is 0.211. The lowest BCUT2D eigenvalue weighted by Gasteiger charge is -2.11. The Kier molecular flexibility index (Phi) is 7.19. The number of carbonyl (C=O) groups is 1. The van der Waals surface area contributed by atoms with Crippen molar-refractivity contribution in [1.29, 1.82) is 0 Å². The van der Waals surface area contributed by atoms with E-state index in [0.29, 0.717) is 34.3 Å². The molecule has 0 aliphatic rings. The molecule has 0 aliphatic heterocycles. The first-order valence-electron chi connectivity index (χ1n) is 8.03. The maximum Gasteiger partial charge on any atom is 0.331 e. The summed E-state index contributed by atoms with van der Waals surface area (Å²) in [6, 6.07) is 9.12. The summed E-state index contributed by atoms with van der Waals surface area (Å²) < 4.78 is 15.8. The highest BCUT2D eigenvalue weighted by atomic mass is 35.5. The topological polar surface area (TPSA) is 87.9 Å². The fourth-order valence-corrected chi connectivity index (χ4v) is 2.47. The molecule has 2 aromatic rings. The fourth-order valence-electron chi connectivity index (χ4n) is 2.20. The third kappa shape index (κ3) is 5.72.